The summed E-state index contributed by atoms with van der Waals surface area (Å²) in [5.74, 6) is 0.872. The Morgan fingerprint density at radius 3 is 2.45 bits per heavy atom. The Kier molecular flexibility index (Phi) is 4.76. The van der Waals surface area contributed by atoms with Crippen LogP contribution in [0.25, 0.3) is 0 Å². The number of likely N-dealkylation sites (tertiary alicyclic amines) is 1. The van der Waals surface area contributed by atoms with Crippen molar-refractivity contribution < 1.29 is 9.84 Å². The number of aliphatic hydroxyl groups excluding tert-OH is 1. The van der Waals surface area contributed by atoms with Crippen molar-refractivity contribution in [3.05, 3.63) is 65.7 Å². The van der Waals surface area contributed by atoms with Gasteiger partial charge in [-0.1, -0.05) is 42.5 Å². The summed E-state index contributed by atoms with van der Waals surface area (Å²) >= 11 is 0. The highest BCUT2D eigenvalue weighted by atomic mass is 16.5. The van der Waals surface area contributed by atoms with E-state index >= 15 is 0 Å². The van der Waals surface area contributed by atoms with Gasteiger partial charge in [-0.05, 0) is 36.1 Å². The standard InChI is InChI=1S/C19H23NO2/c1-22-17-9-7-15(8-10-17)13-18-19(21)11-12-20(18)14-16-5-3-2-4-6-16/h2-10,18-19,21H,11-14H2,1H3/t18-,19-/m1/s1. The van der Waals surface area contributed by atoms with E-state index in [4.69, 9.17) is 4.74 Å². The summed E-state index contributed by atoms with van der Waals surface area (Å²) in [6.45, 7) is 1.86. The van der Waals surface area contributed by atoms with E-state index in [1.807, 2.05) is 18.2 Å². The van der Waals surface area contributed by atoms with Crippen molar-refractivity contribution in [2.45, 2.75) is 31.5 Å². The molecule has 3 nitrogen and oxygen atoms in total. The van der Waals surface area contributed by atoms with Crippen molar-refractivity contribution in [2.75, 3.05) is 13.7 Å². The largest absolute Gasteiger partial charge is 0.497 e. The maximum absolute atomic E-state index is 10.3. The highest BCUT2D eigenvalue weighted by Gasteiger charge is 2.32. The van der Waals surface area contributed by atoms with Crippen molar-refractivity contribution in [2.24, 2.45) is 0 Å². The molecule has 1 fully saturated rings. The predicted molar refractivity (Wildman–Crippen MR) is 88.0 cm³/mol. The Bertz CT molecular complexity index is 582. The minimum Gasteiger partial charge on any atom is -0.497 e. The van der Waals surface area contributed by atoms with Gasteiger partial charge < -0.3 is 9.84 Å². The Balaban J connectivity index is 1.69. The molecule has 0 aromatic heterocycles. The van der Waals surface area contributed by atoms with Crippen LogP contribution in [0, 0.1) is 0 Å². The van der Waals surface area contributed by atoms with Crippen molar-refractivity contribution in [1.29, 1.82) is 0 Å². The van der Waals surface area contributed by atoms with Gasteiger partial charge in [0.05, 0.1) is 13.2 Å². The molecule has 0 bridgehead atoms. The first-order valence-corrected chi connectivity index (χ1v) is 7.85. The van der Waals surface area contributed by atoms with E-state index in [2.05, 4.69) is 41.3 Å². The summed E-state index contributed by atoms with van der Waals surface area (Å²) in [5.41, 5.74) is 2.54. The lowest BCUT2D eigenvalue weighted by Gasteiger charge is -2.26. The molecule has 3 heteroatoms. The van der Waals surface area contributed by atoms with Gasteiger partial charge in [0.15, 0.2) is 0 Å². The average molecular weight is 297 g/mol. The molecular formula is C19H23NO2. The number of nitrogens with zero attached hydrogens (tertiary/aromatic N) is 1. The van der Waals surface area contributed by atoms with Gasteiger partial charge in [-0.2, -0.15) is 0 Å². The lowest BCUT2D eigenvalue weighted by atomic mass is 10.0. The third-order valence-electron chi connectivity index (χ3n) is 4.46. The van der Waals surface area contributed by atoms with Gasteiger partial charge in [0.1, 0.15) is 5.75 Å². The zero-order valence-electron chi connectivity index (χ0n) is 13.0. The lowest BCUT2D eigenvalue weighted by Crippen LogP contribution is -2.36. The SMILES string of the molecule is COc1ccc(C[C@@H]2[C@H](O)CCN2Cc2ccccc2)cc1. The number of aliphatic hydroxyl groups is 1. The van der Waals surface area contributed by atoms with Crippen molar-refractivity contribution in [1.82, 2.24) is 4.90 Å². The first-order valence-electron chi connectivity index (χ1n) is 7.85. The van der Waals surface area contributed by atoms with E-state index in [0.717, 1.165) is 31.7 Å². The van der Waals surface area contributed by atoms with Crippen LogP contribution in [0.15, 0.2) is 54.6 Å². The van der Waals surface area contributed by atoms with Gasteiger partial charge >= 0.3 is 0 Å². The molecular weight excluding hydrogens is 274 g/mol. The first kappa shape index (κ1) is 15.1. The highest BCUT2D eigenvalue weighted by molar-refractivity contribution is 5.28. The van der Waals surface area contributed by atoms with Crippen molar-refractivity contribution >= 4 is 0 Å². The van der Waals surface area contributed by atoms with Gasteiger partial charge in [0.25, 0.3) is 0 Å². The lowest BCUT2D eigenvalue weighted by molar-refractivity contribution is 0.112. The number of hydrogen-bond donors (Lipinski definition) is 1. The molecule has 1 N–H and O–H groups in total. The summed E-state index contributed by atoms with van der Waals surface area (Å²) in [4.78, 5) is 2.39. The molecule has 2 atom stereocenters. The Hall–Kier alpha value is -1.84. The molecule has 22 heavy (non-hydrogen) atoms. The molecule has 116 valence electrons. The Labute approximate surface area is 132 Å². The molecule has 1 aliphatic rings. The fourth-order valence-electron chi connectivity index (χ4n) is 3.18. The normalized spacial score (nSPS) is 21.9. The molecule has 1 aliphatic heterocycles. The topological polar surface area (TPSA) is 32.7 Å². The monoisotopic (exact) mass is 297 g/mol. The minimum atomic E-state index is -0.245. The van der Waals surface area contributed by atoms with Crippen molar-refractivity contribution in [3.8, 4) is 5.75 Å². The van der Waals surface area contributed by atoms with Crippen LogP contribution in [0.2, 0.25) is 0 Å². The molecule has 2 aromatic carbocycles. The van der Waals surface area contributed by atoms with E-state index < -0.39 is 0 Å². The minimum absolute atomic E-state index is 0.189. The predicted octanol–water partition coefficient (Wildman–Crippen LogP) is 2.87. The molecule has 2 aromatic rings. The molecule has 0 aliphatic carbocycles. The first-order chi connectivity index (χ1) is 10.8. The quantitative estimate of drug-likeness (QED) is 0.921. The average Bonchev–Trinajstić information content (AvgIpc) is 2.90. The van der Waals surface area contributed by atoms with E-state index in [0.29, 0.717) is 0 Å². The highest BCUT2D eigenvalue weighted by Crippen LogP contribution is 2.24. The van der Waals surface area contributed by atoms with Crippen LogP contribution < -0.4 is 4.74 Å². The molecule has 1 heterocycles. The second kappa shape index (κ2) is 6.95. The number of benzene rings is 2. The van der Waals surface area contributed by atoms with Crippen LogP contribution in [0.1, 0.15) is 17.5 Å². The van der Waals surface area contributed by atoms with Crippen LogP contribution in [0.3, 0.4) is 0 Å². The number of rotatable bonds is 5. The van der Waals surface area contributed by atoms with Gasteiger partial charge in [-0.25, -0.2) is 0 Å². The molecule has 0 unspecified atom stereocenters. The Morgan fingerprint density at radius 2 is 1.77 bits per heavy atom. The smallest absolute Gasteiger partial charge is 0.118 e. The maximum atomic E-state index is 10.3. The molecule has 0 spiro atoms. The van der Waals surface area contributed by atoms with Crippen LogP contribution in [0.4, 0.5) is 0 Å². The van der Waals surface area contributed by atoms with Gasteiger partial charge in [0, 0.05) is 19.1 Å². The fraction of sp³-hybridized carbons (Fsp3) is 0.368. The fourth-order valence-corrected chi connectivity index (χ4v) is 3.18. The molecule has 0 amide bonds. The van der Waals surface area contributed by atoms with E-state index in [1.54, 1.807) is 7.11 Å². The van der Waals surface area contributed by atoms with Crippen molar-refractivity contribution in [3.63, 3.8) is 0 Å². The maximum Gasteiger partial charge on any atom is 0.118 e. The molecule has 1 saturated heterocycles. The van der Waals surface area contributed by atoms with Gasteiger partial charge in [-0.3, -0.25) is 4.90 Å². The van der Waals surface area contributed by atoms with E-state index in [-0.39, 0.29) is 12.1 Å². The summed E-state index contributed by atoms with van der Waals surface area (Å²) in [7, 11) is 1.68. The second-order valence-corrected chi connectivity index (χ2v) is 5.93. The Morgan fingerprint density at radius 1 is 1.05 bits per heavy atom. The van der Waals surface area contributed by atoms with Gasteiger partial charge in [-0.15, -0.1) is 0 Å². The number of ether oxygens (including phenoxy) is 1. The van der Waals surface area contributed by atoms with Crippen LogP contribution in [-0.2, 0) is 13.0 Å². The number of methoxy groups -OCH3 is 1. The molecule has 0 radical (unpaired) electrons. The third-order valence-corrected chi connectivity index (χ3v) is 4.46. The number of hydrogen-bond acceptors (Lipinski definition) is 3. The zero-order chi connectivity index (χ0) is 15.4. The summed E-state index contributed by atoms with van der Waals surface area (Å²) in [5, 5.41) is 10.3. The van der Waals surface area contributed by atoms with Crippen LogP contribution in [0.5, 0.6) is 5.75 Å². The molecule has 0 saturated carbocycles. The van der Waals surface area contributed by atoms with E-state index in [9.17, 15) is 5.11 Å². The summed E-state index contributed by atoms with van der Waals surface area (Å²) in [6, 6.07) is 18.8. The third kappa shape index (κ3) is 3.49. The van der Waals surface area contributed by atoms with Crippen LogP contribution >= 0.6 is 0 Å². The van der Waals surface area contributed by atoms with Gasteiger partial charge in [0.2, 0.25) is 0 Å². The summed E-state index contributed by atoms with van der Waals surface area (Å²) < 4.78 is 5.20. The van der Waals surface area contributed by atoms with Crippen LogP contribution in [-0.4, -0.2) is 35.8 Å². The zero-order valence-corrected chi connectivity index (χ0v) is 13.0. The second-order valence-electron chi connectivity index (χ2n) is 5.93. The summed E-state index contributed by atoms with van der Waals surface area (Å²) in [6.07, 6.45) is 1.48. The van der Waals surface area contributed by atoms with E-state index in [1.165, 1.54) is 11.1 Å². The molecule has 3 rings (SSSR count).